The van der Waals surface area contributed by atoms with Crippen molar-refractivity contribution in [2.24, 2.45) is 5.92 Å². The van der Waals surface area contributed by atoms with Gasteiger partial charge in [-0.3, -0.25) is 4.79 Å². The molecule has 0 saturated heterocycles. The van der Waals surface area contributed by atoms with Gasteiger partial charge in [0.2, 0.25) is 0 Å². The molecular weight excluding hydrogens is 232 g/mol. The first kappa shape index (κ1) is 13.1. The maximum atomic E-state index is 11.8. The van der Waals surface area contributed by atoms with Crippen molar-refractivity contribution in [3.05, 3.63) is 35.9 Å². The van der Waals surface area contributed by atoms with Crippen LogP contribution in [-0.4, -0.2) is 28.4 Å². The van der Waals surface area contributed by atoms with Gasteiger partial charge in [0.05, 0.1) is 18.1 Å². The molecule has 1 saturated carbocycles. The Hall–Kier alpha value is -1.39. The van der Waals surface area contributed by atoms with E-state index in [0.717, 1.165) is 5.56 Å². The fourth-order valence-corrected chi connectivity index (χ4v) is 2.30. The Labute approximate surface area is 106 Å². The summed E-state index contributed by atoms with van der Waals surface area (Å²) in [5, 5.41) is 19.0. The lowest BCUT2D eigenvalue weighted by atomic mass is 9.85. The van der Waals surface area contributed by atoms with E-state index in [9.17, 15) is 15.0 Å². The zero-order valence-electron chi connectivity index (χ0n) is 10.2. The summed E-state index contributed by atoms with van der Waals surface area (Å²) in [5.41, 5.74) is 0.933. The molecule has 1 aromatic carbocycles. The van der Waals surface area contributed by atoms with Crippen LogP contribution < -0.4 is 0 Å². The number of hydrogen-bond acceptors (Lipinski definition) is 4. The molecule has 18 heavy (non-hydrogen) atoms. The molecule has 2 rings (SSSR count). The molecule has 0 heterocycles. The molecule has 1 fully saturated rings. The number of ether oxygens (including phenoxy) is 1. The SMILES string of the molecule is O=C(OCc1ccccc1)C1CC(O)CC(O)C1. The highest BCUT2D eigenvalue weighted by atomic mass is 16.5. The molecule has 0 spiro atoms. The number of carbonyl (C=O) groups excluding carboxylic acids is 1. The van der Waals surface area contributed by atoms with Gasteiger partial charge in [-0.05, 0) is 24.8 Å². The average Bonchev–Trinajstić information content (AvgIpc) is 2.36. The third-order valence-corrected chi connectivity index (χ3v) is 3.21. The topological polar surface area (TPSA) is 66.8 Å². The minimum absolute atomic E-state index is 0.238. The average molecular weight is 250 g/mol. The van der Waals surface area contributed by atoms with Gasteiger partial charge in [0.1, 0.15) is 6.61 Å². The van der Waals surface area contributed by atoms with Gasteiger partial charge in [-0.1, -0.05) is 30.3 Å². The van der Waals surface area contributed by atoms with Gasteiger partial charge in [0.25, 0.3) is 0 Å². The number of rotatable bonds is 3. The molecule has 4 heteroatoms. The Morgan fingerprint density at radius 1 is 1.11 bits per heavy atom. The third-order valence-electron chi connectivity index (χ3n) is 3.21. The van der Waals surface area contributed by atoms with Crippen molar-refractivity contribution in [2.45, 2.75) is 38.1 Å². The van der Waals surface area contributed by atoms with E-state index in [1.54, 1.807) is 0 Å². The van der Waals surface area contributed by atoms with Crippen LogP contribution in [0, 0.1) is 5.92 Å². The van der Waals surface area contributed by atoms with Gasteiger partial charge in [-0.15, -0.1) is 0 Å². The predicted octanol–water partition coefficient (Wildman–Crippen LogP) is 1.25. The van der Waals surface area contributed by atoms with Crippen molar-refractivity contribution in [3.8, 4) is 0 Å². The molecule has 1 aliphatic rings. The lowest BCUT2D eigenvalue weighted by molar-refractivity contribution is -0.154. The number of hydrogen-bond donors (Lipinski definition) is 2. The van der Waals surface area contributed by atoms with Gasteiger partial charge in [-0.2, -0.15) is 0 Å². The van der Waals surface area contributed by atoms with Crippen molar-refractivity contribution in [2.75, 3.05) is 0 Å². The molecule has 0 aromatic heterocycles. The normalized spacial score (nSPS) is 27.8. The number of benzene rings is 1. The Bertz CT molecular complexity index is 380. The van der Waals surface area contributed by atoms with Gasteiger partial charge in [-0.25, -0.2) is 0 Å². The van der Waals surface area contributed by atoms with Gasteiger partial charge in [0, 0.05) is 0 Å². The van der Waals surface area contributed by atoms with Crippen molar-refractivity contribution < 1.29 is 19.7 Å². The van der Waals surface area contributed by atoms with E-state index in [4.69, 9.17) is 4.74 Å². The van der Waals surface area contributed by atoms with Crippen LogP contribution in [0.15, 0.2) is 30.3 Å². The molecule has 2 unspecified atom stereocenters. The van der Waals surface area contributed by atoms with Crippen LogP contribution >= 0.6 is 0 Å². The molecule has 4 nitrogen and oxygen atoms in total. The summed E-state index contributed by atoms with van der Waals surface area (Å²) >= 11 is 0. The summed E-state index contributed by atoms with van der Waals surface area (Å²) in [5.74, 6) is -0.732. The lowest BCUT2D eigenvalue weighted by Crippen LogP contribution is -2.34. The smallest absolute Gasteiger partial charge is 0.309 e. The largest absolute Gasteiger partial charge is 0.461 e. The summed E-state index contributed by atoms with van der Waals surface area (Å²) in [6.07, 6.45) is -0.108. The summed E-state index contributed by atoms with van der Waals surface area (Å²) in [6.45, 7) is 0.238. The molecule has 0 amide bonds. The summed E-state index contributed by atoms with van der Waals surface area (Å²) in [4.78, 5) is 11.8. The van der Waals surface area contributed by atoms with Crippen molar-refractivity contribution in [1.82, 2.24) is 0 Å². The molecule has 1 aliphatic carbocycles. The van der Waals surface area contributed by atoms with Gasteiger partial charge < -0.3 is 14.9 Å². The second-order valence-electron chi connectivity index (χ2n) is 4.80. The zero-order chi connectivity index (χ0) is 13.0. The lowest BCUT2D eigenvalue weighted by Gasteiger charge is -2.28. The number of aliphatic hydroxyl groups excluding tert-OH is 2. The minimum atomic E-state index is -0.608. The number of esters is 1. The summed E-state index contributed by atoms with van der Waals surface area (Å²) < 4.78 is 5.20. The Balaban J connectivity index is 1.84. The quantitative estimate of drug-likeness (QED) is 0.792. The molecule has 0 aliphatic heterocycles. The molecule has 1 aromatic rings. The predicted molar refractivity (Wildman–Crippen MR) is 65.6 cm³/mol. The Kier molecular flexibility index (Phi) is 4.33. The van der Waals surface area contributed by atoms with E-state index in [1.807, 2.05) is 30.3 Å². The van der Waals surface area contributed by atoms with Crippen LogP contribution in [0.25, 0.3) is 0 Å². The molecule has 2 N–H and O–H groups in total. The van der Waals surface area contributed by atoms with E-state index in [2.05, 4.69) is 0 Å². The number of aliphatic hydroxyl groups is 2. The van der Waals surface area contributed by atoms with Gasteiger partial charge >= 0.3 is 5.97 Å². The van der Waals surface area contributed by atoms with Crippen LogP contribution in [0.4, 0.5) is 0 Å². The van der Waals surface area contributed by atoms with Crippen molar-refractivity contribution in [1.29, 1.82) is 0 Å². The maximum Gasteiger partial charge on any atom is 0.309 e. The van der Waals surface area contributed by atoms with Crippen LogP contribution in [-0.2, 0) is 16.1 Å². The number of carbonyl (C=O) groups is 1. The fraction of sp³-hybridized carbons (Fsp3) is 0.500. The maximum absolute atomic E-state index is 11.8. The molecule has 98 valence electrons. The van der Waals surface area contributed by atoms with Crippen molar-refractivity contribution in [3.63, 3.8) is 0 Å². The second kappa shape index (κ2) is 5.98. The summed E-state index contributed by atoms with van der Waals surface area (Å²) in [7, 11) is 0. The first-order valence-corrected chi connectivity index (χ1v) is 6.22. The Morgan fingerprint density at radius 3 is 2.33 bits per heavy atom. The van der Waals surface area contributed by atoms with Crippen LogP contribution in [0.5, 0.6) is 0 Å². The fourth-order valence-electron chi connectivity index (χ4n) is 2.30. The van der Waals surface area contributed by atoms with E-state index >= 15 is 0 Å². The highest BCUT2D eigenvalue weighted by Crippen LogP contribution is 2.26. The highest BCUT2D eigenvalue weighted by molar-refractivity contribution is 5.72. The van der Waals surface area contributed by atoms with Crippen LogP contribution in [0.1, 0.15) is 24.8 Å². The monoisotopic (exact) mass is 250 g/mol. The third kappa shape index (κ3) is 3.55. The first-order valence-electron chi connectivity index (χ1n) is 6.22. The molecular formula is C14H18O4. The van der Waals surface area contributed by atoms with Gasteiger partial charge in [0.15, 0.2) is 0 Å². The molecule has 0 radical (unpaired) electrons. The highest BCUT2D eigenvalue weighted by Gasteiger charge is 2.32. The van der Waals surface area contributed by atoms with Crippen LogP contribution in [0.3, 0.4) is 0 Å². The zero-order valence-corrected chi connectivity index (χ0v) is 10.2. The summed E-state index contributed by atoms with van der Waals surface area (Å²) in [6, 6.07) is 9.45. The van der Waals surface area contributed by atoms with Crippen molar-refractivity contribution >= 4 is 5.97 Å². The van der Waals surface area contributed by atoms with E-state index in [1.165, 1.54) is 0 Å². The van der Waals surface area contributed by atoms with E-state index in [0.29, 0.717) is 19.3 Å². The minimum Gasteiger partial charge on any atom is -0.461 e. The van der Waals surface area contributed by atoms with E-state index in [-0.39, 0.29) is 12.6 Å². The Morgan fingerprint density at radius 2 is 1.72 bits per heavy atom. The standard InChI is InChI=1S/C14H18O4/c15-12-6-11(7-13(16)8-12)14(17)18-9-10-4-2-1-3-5-10/h1-5,11-13,15-16H,6-9H2. The van der Waals surface area contributed by atoms with E-state index < -0.39 is 18.1 Å². The molecule has 2 atom stereocenters. The first-order chi connectivity index (χ1) is 8.65. The molecule has 0 bridgehead atoms. The second-order valence-corrected chi connectivity index (χ2v) is 4.80. The van der Waals surface area contributed by atoms with Crippen LogP contribution in [0.2, 0.25) is 0 Å².